The molecule has 0 aliphatic heterocycles. The molecular formula is C5H7F4NO. The molecule has 6 heteroatoms. The number of alkyl halides is 4. The normalized spacial score (nSPS) is 14.6. The minimum atomic E-state index is -5.08. The fourth-order valence-corrected chi connectivity index (χ4v) is 0.446. The van der Waals surface area contributed by atoms with Crippen LogP contribution in [0.15, 0.2) is 0 Å². The van der Waals surface area contributed by atoms with Crippen molar-refractivity contribution in [1.82, 2.24) is 5.32 Å². The lowest BCUT2D eigenvalue weighted by atomic mass is 10.2. The molecule has 0 aromatic carbocycles. The Bertz CT molecular complexity index is 144. The van der Waals surface area contributed by atoms with Crippen LogP contribution < -0.4 is 5.32 Å². The van der Waals surface area contributed by atoms with Crippen molar-refractivity contribution in [3.63, 3.8) is 0 Å². The maximum absolute atomic E-state index is 12.0. The van der Waals surface area contributed by atoms with Gasteiger partial charge in [0.15, 0.2) is 5.78 Å². The molecule has 2 nitrogen and oxygen atoms in total. The molecular weight excluding hydrogens is 166 g/mol. The van der Waals surface area contributed by atoms with Gasteiger partial charge in [0, 0.05) is 0 Å². The molecule has 0 aliphatic carbocycles. The summed E-state index contributed by atoms with van der Waals surface area (Å²) in [5.74, 6) is -1.50. The third-order valence-electron chi connectivity index (χ3n) is 0.921. The first-order chi connectivity index (χ1) is 4.89. The van der Waals surface area contributed by atoms with Crippen LogP contribution in [0.2, 0.25) is 0 Å². The van der Waals surface area contributed by atoms with E-state index in [2.05, 4.69) is 5.32 Å². The summed E-state index contributed by atoms with van der Waals surface area (Å²) in [5, 5.41) is 2.13. The van der Waals surface area contributed by atoms with E-state index in [1.165, 1.54) is 7.05 Å². The molecule has 11 heavy (non-hydrogen) atoms. The van der Waals surface area contributed by atoms with Gasteiger partial charge in [0.1, 0.15) is 0 Å². The number of Topliss-reactive ketones (excluding diaryl/α,β-unsaturated/α-hetero) is 1. The smallest absolute Gasteiger partial charge is 0.313 e. The predicted octanol–water partition coefficient (Wildman–Crippen LogP) is 0.675. The molecule has 0 saturated heterocycles. The number of carbonyl (C=O) groups excluding carboxylic acids is 1. The first-order valence-corrected chi connectivity index (χ1v) is 2.77. The second-order valence-corrected chi connectivity index (χ2v) is 1.90. The van der Waals surface area contributed by atoms with Gasteiger partial charge in [-0.05, 0) is 7.05 Å². The molecule has 0 rings (SSSR count). The number of ketones is 1. The van der Waals surface area contributed by atoms with Crippen LogP contribution in [-0.2, 0) is 4.79 Å². The van der Waals surface area contributed by atoms with Crippen LogP contribution >= 0.6 is 0 Å². The van der Waals surface area contributed by atoms with Crippen LogP contribution in [0.25, 0.3) is 0 Å². The van der Waals surface area contributed by atoms with Crippen molar-refractivity contribution < 1.29 is 22.4 Å². The molecule has 0 fully saturated rings. The molecule has 0 bridgehead atoms. The van der Waals surface area contributed by atoms with Crippen molar-refractivity contribution in [2.45, 2.75) is 12.3 Å². The van der Waals surface area contributed by atoms with Gasteiger partial charge in [-0.25, -0.2) is 4.39 Å². The van der Waals surface area contributed by atoms with E-state index >= 15 is 0 Å². The molecule has 0 aromatic heterocycles. The summed E-state index contributed by atoms with van der Waals surface area (Å²) in [5.41, 5.74) is 0. The van der Waals surface area contributed by atoms with E-state index in [1.807, 2.05) is 0 Å². The molecule has 0 radical (unpaired) electrons. The highest BCUT2D eigenvalue weighted by molar-refractivity contribution is 5.85. The van der Waals surface area contributed by atoms with Crippen LogP contribution in [0.1, 0.15) is 0 Å². The molecule has 1 unspecified atom stereocenters. The van der Waals surface area contributed by atoms with Crippen molar-refractivity contribution in [2.24, 2.45) is 0 Å². The van der Waals surface area contributed by atoms with Gasteiger partial charge < -0.3 is 5.32 Å². The third-order valence-corrected chi connectivity index (χ3v) is 0.921. The van der Waals surface area contributed by atoms with E-state index in [-0.39, 0.29) is 0 Å². The quantitative estimate of drug-likeness (QED) is 0.635. The lowest BCUT2D eigenvalue weighted by Crippen LogP contribution is -2.37. The number of nitrogens with one attached hydrogen (secondary N) is 1. The van der Waals surface area contributed by atoms with Gasteiger partial charge in [0.25, 0.3) is 6.17 Å². The second kappa shape index (κ2) is 3.66. The number of halogens is 4. The van der Waals surface area contributed by atoms with E-state index in [9.17, 15) is 22.4 Å². The molecule has 0 amide bonds. The van der Waals surface area contributed by atoms with Crippen molar-refractivity contribution in [3.05, 3.63) is 0 Å². The summed E-state index contributed by atoms with van der Waals surface area (Å²) in [4.78, 5) is 10.2. The van der Waals surface area contributed by atoms with E-state index in [0.717, 1.165) is 0 Å². The van der Waals surface area contributed by atoms with Crippen LogP contribution in [-0.4, -0.2) is 31.7 Å². The van der Waals surface area contributed by atoms with Gasteiger partial charge in [-0.1, -0.05) is 0 Å². The van der Waals surface area contributed by atoms with E-state index in [1.54, 1.807) is 0 Å². The summed E-state index contributed by atoms with van der Waals surface area (Å²) in [6, 6.07) is 0. The Morgan fingerprint density at radius 1 is 1.55 bits per heavy atom. The average Bonchev–Trinajstić information content (AvgIpc) is 1.85. The summed E-state index contributed by atoms with van der Waals surface area (Å²) < 4.78 is 46.2. The minimum absolute atomic E-state index is 0.610. The molecule has 1 N–H and O–H groups in total. The summed E-state index contributed by atoms with van der Waals surface area (Å²) in [7, 11) is 1.26. The minimum Gasteiger partial charge on any atom is -0.313 e. The summed E-state index contributed by atoms with van der Waals surface area (Å²) >= 11 is 0. The van der Waals surface area contributed by atoms with Crippen molar-refractivity contribution in [3.8, 4) is 0 Å². The monoisotopic (exact) mass is 173 g/mol. The van der Waals surface area contributed by atoms with Gasteiger partial charge in [0.2, 0.25) is 0 Å². The molecule has 0 saturated carbocycles. The number of likely N-dealkylation sites (N-methyl/N-ethyl adjacent to an activating group) is 1. The fourth-order valence-electron chi connectivity index (χ4n) is 0.446. The van der Waals surface area contributed by atoms with Crippen molar-refractivity contribution in [2.75, 3.05) is 13.6 Å². The lowest BCUT2D eigenvalue weighted by Gasteiger charge is -2.09. The Kier molecular flexibility index (Phi) is 3.44. The topological polar surface area (TPSA) is 29.1 Å². The maximum Gasteiger partial charge on any atom is 0.426 e. The van der Waals surface area contributed by atoms with E-state index in [0.29, 0.717) is 0 Å². The average molecular weight is 173 g/mol. The molecule has 0 aromatic rings. The Morgan fingerprint density at radius 3 is 2.27 bits per heavy atom. The van der Waals surface area contributed by atoms with Crippen LogP contribution in [0.5, 0.6) is 0 Å². The molecule has 1 atom stereocenters. The van der Waals surface area contributed by atoms with Gasteiger partial charge >= 0.3 is 6.18 Å². The Hall–Kier alpha value is -0.650. The highest BCUT2D eigenvalue weighted by Gasteiger charge is 2.44. The maximum atomic E-state index is 12.0. The second-order valence-electron chi connectivity index (χ2n) is 1.90. The van der Waals surface area contributed by atoms with Crippen molar-refractivity contribution >= 4 is 5.78 Å². The first kappa shape index (κ1) is 10.3. The van der Waals surface area contributed by atoms with E-state index < -0.39 is 24.7 Å². The van der Waals surface area contributed by atoms with Gasteiger partial charge in [0.05, 0.1) is 6.54 Å². The Labute approximate surface area is 60.6 Å². The van der Waals surface area contributed by atoms with Crippen LogP contribution in [0.3, 0.4) is 0 Å². The van der Waals surface area contributed by atoms with Crippen molar-refractivity contribution in [1.29, 1.82) is 0 Å². The largest absolute Gasteiger partial charge is 0.426 e. The summed E-state index contributed by atoms with van der Waals surface area (Å²) in [6.45, 7) is -0.610. The third kappa shape index (κ3) is 3.31. The molecule has 0 heterocycles. The highest BCUT2D eigenvalue weighted by atomic mass is 19.4. The zero-order chi connectivity index (χ0) is 9.07. The van der Waals surface area contributed by atoms with Crippen LogP contribution in [0, 0.1) is 0 Å². The lowest BCUT2D eigenvalue weighted by molar-refractivity contribution is -0.185. The molecule has 66 valence electrons. The SMILES string of the molecule is CNCC(=O)C(F)C(F)(F)F. The van der Waals surface area contributed by atoms with Gasteiger partial charge in [-0.15, -0.1) is 0 Å². The zero-order valence-corrected chi connectivity index (χ0v) is 5.70. The molecule has 0 aliphatic rings. The standard InChI is InChI=1S/C5H7F4NO/c1-10-2-3(11)4(6)5(7,8)9/h4,10H,2H2,1H3. The predicted molar refractivity (Wildman–Crippen MR) is 29.9 cm³/mol. The number of hydrogen-bond donors (Lipinski definition) is 1. The molecule has 0 spiro atoms. The van der Waals surface area contributed by atoms with Crippen LogP contribution in [0.4, 0.5) is 17.6 Å². The van der Waals surface area contributed by atoms with E-state index in [4.69, 9.17) is 0 Å². The van der Waals surface area contributed by atoms with Gasteiger partial charge in [-0.3, -0.25) is 4.79 Å². The van der Waals surface area contributed by atoms with Gasteiger partial charge in [-0.2, -0.15) is 13.2 Å². The fraction of sp³-hybridized carbons (Fsp3) is 0.800. The number of hydrogen-bond acceptors (Lipinski definition) is 2. The summed E-state index contributed by atoms with van der Waals surface area (Å²) in [6.07, 6.45) is -8.44. The zero-order valence-electron chi connectivity index (χ0n) is 5.70. The Balaban J connectivity index is 4.03. The first-order valence-electron chi connectivity index (χ1n) is 2.77. The Morgan fingerprint density at radius 2 is 2.00 bits per heavy atom. The number of rotatable bonds is 3. The highest BCUT2D eigenvalue weighted by Crippen LogP contribution is 2.23. The number of carbonyl (C=O) groups is 1.